The van der Waals surface area contributed by atoms with Crippen LogP contribution in [0.2, 0.25) is 0 Å². The van der Waals surface area contributed by atoms with Gasteiger partial charge in [-0.3, -0.25) is 9.78 Å². The molecule has 0 N–H and O–H groups in total. The normalized spacial score (nSPS) is 15.8. The van der Waals surface area contributed by atoms with Crippen molar-refractivity contribution in [3.8, 4) is 11.1 Å². The van der Waals surface area contributed by atoms with E-state index < -0.39 is 0 Å². The van der Waals surface area contributed by atoms with E-state index in [2.05, 4.69) is 43.3 Å². The van der Waals surface area contributed by atoms with Crippen molar-refractivity contribution in [3.05, 3.63) is 53.9 Å². The summed E-state index contributed by atoms with van der Waals surface area (Å²) in [4.78, 5) is 18.9. The summed E-state index contributed by atoms with van der Waals surface area (Å²) in [5.74, 6) is 0.808. The van der Waals surface area contributed by atoms with E-state index >= 15 is 0 Å². The predicted octanol–water partition coefficient (Wildman–Crippen LogP) is 4.42. The summed E-state index contributed by atoms with van der Waals surface area (Å²) in [6.45, 7) is 7.70. The molecule has 2 heterocycles. The number of carbonyl (C=O) groups excluding carboxylic acids is 1. The first-order chi connectivity index (χ1) is 11.5. The number of hydrogen-bond acceptors (Lipinski definition) is 2. The molecule has 0 aliphatic carbocycles. The third-order valence-corrected chi connectivity index (χ3v) is 4.80. The first kappa shape index (κ1) is 16.7. The fourth-order valence-electron chi connectivity index (χ4n) is 3.46. The van der Waals surface area contributed by atoms with Gasteiger partial charge in [0.05, 0.1) is 0 Å². The number of aryl methyl sites for hydroxylation is 1. The topological polar surface area (TPSA) is 33.2 Å². The van der Waals surface area contributed by atoms with Crippen molar-refractivity contribution in [1.82, 2.24) is 9.88 Å². The lowest BCUT2D eigenvalue weighted by Gasteiger charge is -2.33. The predicted molar refractivity (Wildman–Crippen MR) is 97.8 cm³/mol. The molecule has 1 aliphatic heterocycles. The molecular weight excluding hydrogens is 296 g/mol. The van der Waals surface area contributed by atoms with Crippen molar-refractivity contribution in [2.24, 2.45) is 5.92 Å². The number of likely N-dealkylation sites (tertiary alicyclic amines) is 1. The van der Waals surface area contributed by atoms with Gasteiger partial charge in [-0.05, 0) is 43.0 Å². The third-order valence-electron chi connectivity index (χ3n) is 4.80. The van der Waals surface area contributed by atoms with Gasteiger partial charge >= 0.3 is 0 Å². The first-order valence-electron chi connectivity index (χ1n) is 8.87. The fourth-order valence-corrected chi connectivity index (χ4v) is 3.46. The Morgan fingerprint density at radius 1 is 1.08 bits per heavy atom. The Kier molecular flexibility index (Phi) is 4.98. The molecule has 1 fully saturated rings. The van der Waals surface area contributed by atoms with Crippen LogP contribution >= 0.6 is 0 Å². The average molecular weight is 322 g/mol. The molecule has 3 heteroatoms. The Bertz CT molecular complexity index is 701. The van der Waals surface area contributed by atoms with Gasteiger partial charge in [-0.1, -0.05) is 44.2 Å². The third kappa shape index (κ3) is 3.66. The van der Waals surface area contributed by atoms with Crippen LogP contribution in [0, 0.1) is 12.8 Å². The van der Waals surface area contributed by atoms with Crippen molar-refractivity contribution in [1.29, 1.82) is 0 Å². The molecule has 24 heavy (non-hydrogen) atoms. The average Bonchev–Trinajstić information content (AvgIpc) is 2.61. The van der Waals surface area contributed by atoms with E-state index in [1.807, 2.05) is 24.8 Å². The standard InChI is InChI=1S/C21H26N2O/c1-15(2)21(24)23-11-9-18(10-12-23)20-14-19(13-16(3)22-20)17-7-5-4-6-8-17/h4-8,13-15,18H,9-12H2,1-3H3. The summed E-state index contributed by atoms with van der Waals surface area (Å²) in [6.07, 6.45) is 2.01. The lowest BCUT2D eigenvalue weighted by molar-refractivity contribution is -0.135. The summed E-state index contributed by atoms with van der Waals surface area (Å²) in [6, 6.07) is 14.8. The van der Waals surface area contributed by atoms with E-state index in [0.717, 1.165) is 31.6 Å². The number of hydrogen-bond donors (Lipinski definition) is 0. The summed E-state index contributed by atoms with van der Waals surface area (Å²) in [7, 11) is 0. The number of rotatable bonds is 3. The number of nitrogens with zero attached hydrogens (tertiary/aromatic N) is 2. The van der Waals surface area contributed by atoms with E-state index in [0.29, 0.717) is 5.92 Å². The van der Waals surface area contributed by atoms with Crippen molar-refractivity contribution in [2.45, 2.75) is 39.5 Å². The molecule has 0 unspecified atom stereocenters. The largest absolute Gasteiger partial charge is 0.342 e. The molecule has 2 aromatic rings. The number of benzene rings is 1. The Balaban J connectivity index is 1.77. The van der Waals surface area contributed by atoms with Gasteiger partial charge in [0.1, 0.15) is 0 Å². The SMILES string of the molecule is Cc1cc(-c2ccccc2)cc(C2CCN(C(=O)C(C)C)CC2)n1. The zero-order chi connectivity index (χ0) is 17.1. The Morgan fingerprint density at radius 2 is 1.75 bits per heavy atom. The molecule has 0 atom stereocenters. The number of carbonyl (C=O) groups is 1. The quantitative estimate of drug-likeness (QED) is 0.838. The molecule has 0 spiro atoms. The maximum Gasteiger partial charge on any atom is 0.225 e. The minimum absolute atomic E-state index is 0.0864. The molecule has 1 aliphatic rings. The molecule has 1 amide bonds. The summed E-state index contributed by atoms with van der Waals surface area (Å²) < 4.78 is 0. The van der Waals surface area contributed by atoms with E-state index in [4.69, 9.17) is 4.98 Å². The van der Waals surface area contributed by atoms with Crippen LogP contribution in [0.3, 0.4) is 0 Å². The van der Waals surface area contributed by atoms with Crippen LogP contribution in [-0.2, 0) is 4.79 Å². The molecule has 1 aromatic heterocycles. The molecule has 1 aromatic carbocycles. The van der Waals surface area contributed by atoms with E-state index in [1.54, 1.807) is 0 Å². The molecule has 0 radical (unpaired) electrons. The summed E-state index contributed by atoms with van der Waals surface area (Å²) in [5, 5.41) is 0. The van der Waals surface area contributed by atoms with Gasteiger partial charge in [0.25, 0.3) is 0 Å². The summed E-state index contributed by atoms with van der Waals surface area (Å²) >= 11 is 0. The van der Waals surface area contributed by atoms with E-state index in [9.17, 15) is 4.79 Å². The Labute approximate surface area is 144 Å². The van der Waals surface area contributed by atoms with Crippen LogP contribution in [0.25, 0.3) is 11.1 Å². The van der Waals surface area contributed by atoms with E-state index in [-0.39, 0.29) is 11.8 Å². The van der Waals surface area contributed by atoms with Crippen molar-refractivity contribution in [2.75, 3.05) is 13.1 Å². The molecule has 0 saturated carbocycles. The highest BCUT2D eigenvalue weighted by Gasteiger charge is 2.26. The molecular formula is C21H26N2O. The first-order valence-corrected chi connectivity index (χ1v) is 8.87. The highest BCUT2D eigenvalue weighted by molar-refractivity contribution is 5.78. The number of piperidine rings is 1. The van der Waals surface area contributed by atoms with Gasteiger partial charge in [-0.25, -0.2) is 0 Å². The fraction of sp³-hybridized carbons (Fsp3) is 0.429. The number of pyridine rings is 1. The number of aromatic nitrogens is 1. The second-order valence-corrected chi connectivity index (χ2v) is 7.04. The molecule has 0 bridgehead atoms. The van der Waals surface area contributed by atoms with Gasteiger partial charge in [0.2, 0.25) is 5.91 Å². The van der Waals surface area contributed by atoms with Gasteiger partial charge in [-0.2, -0.15) is 0 Å². The van der Waals surface area contributed by atoms with Gasteiger partial charge < -0.3 is 4.90 Å². The molecule has 1 saturated heterocycles. The van der Waals surface area contributed by atoms with Crippen LogP contribution in [0.1, 0.15) is 44.0 Å². The Hall–Kier alpha value is -2.16. The van der Waals surface area contributed by atoms with Crippen LogP contribution in [0.5, 0.6) is 0 Å². The second kappa shape index (κ2) is 7.16. The smallest absolute Gasteiger partial charge is 0.225 e. The zero-order valence-corrected chi connectivity index (χ0v) is 14.8. The second-order valence-electron chi connectivity index (χ2n) is 7.04. The lowest BCUT2D eigenvalue weighted by Crippen LogP contribution is -2.40. The highest BCUT2D eigenvalue weighted by atomic mass is 16.2. The summed E-state index contributed by atoms with van der Waals surface area (Å²) in [5.41, 5.74) is 4.70. The van der Waals surface area contributed by atoms with Crippen LogP contribution in [0.4, 0.5) is 0 Å². The van der Waals surface area contributed by atoms with Crippen LogP contribution in [-0.4, -0.2) is 28.9 Å². The number of amides is 1. The minimum Gasteiger partial charge on any atom is -0.342 e. The van der Waals surface area contributed by atoms with Crippen molar-refractivity contribution >= 4 is 5.91 Å². The van der Waals surface area contributed by atoms with Crippen molar-refractivity contribution in [3.63, 3.8) is 0 Å². The van der Waals surface area contributed by atoms with Gasteiger partial charge in [-0.15, -0.1) is 0 Å². The van der Waals surface area contributed by atoms with Crippen LogP contribution in [0.15, 0.2) is 42.5 Å². The molecule has 3 rings (SSSR count). The van der Waals surface area contributed by atoms with Crippen LogP contribution < -0.4 is 0 Å². The molecule has 3 nitrogen and oxygen atoms in total. The highest BCUT2D eigenvalue weighted by Crippen LogP contribution is 2.30. The zero-order valence-electron chi connectivity index (χ0n) is 14.8. The molecule has 126 valence electrons. The maximum atomic E-state index is 12.1. The Morgan fingerprint density at radius 3 is 2.38 bits per heavy atom. The van der Waals surface area contributed by atoms with Gasteiger partial charge in [0.15, 0.2) is 0 Å². The maximum absolute atomic E-state index is 12.1. The van der Waals surface area contributed by atoms with E-state index in [1.165, 1.54) is 16.8 Å². The van der Waals surface area contributed by atoms with Gasteiger partial charge in [0, 0.05) is 36.3 Å². The minimum atomic E-state index is 0.0864. The van der Waals surface area contributed by atoms with Crippen molar-refractivity contribution < 1.29 is 4.79 Å². The monoisotopic (exact) mass is 322 g/mol. The lowest BCUT2D eigenvalue weighted by atomic mass is 9.90.